The summed E-state index contributed by atoms with van der Waals surface area (Å²) in [7, 11) is 11.2. The minimum atomic E-state index is 0.549. The van der Waals surface area contributed by atoms with Crippen LogP contribution < -0.4 is 27.3 Å². The van der Waals surface area contributed by atoms with Gasteiger partial charge in [0.2, 0.25) is 5.95 Å². The van der Waals surface area contributed by atoms with Crippen LogP contribution in [-0.2, 0) is 0 Å². The molecule has 3 heterocycles. The quantitative estimate of drug-likeness (QED) is 0.260. The number of rotatable bonds is 5. The van der Waals surface area contributed by atoms with E-state index in [0.29, 0.717) is 17.6 Å². The molecule has 7 aromatic carbocycles. The second-order valence-corrected chi connectivity index (χ2v) is 14.5. The third kappa shape index (κ3) is 5.12. The fourth-order valence-corrected chi connectivity index (χ4v) is 8.53. The van der Waals surface area contributed by atoms with E-state index in [2.05, 4.69) is 141 Å². The van der Waals surface area contributed by atoms with Crippen LogP contribution in [0.25, 0.3) is 94.7 Å². The molecule has 0 amide bonds. The highest BCUT2D eigenvalue weighted by atomic mass is 16.3. The van der Waals surface area contributed by atoms with Gasteiger partial charge in [0.25, 0.3) is 0 Å². The van der Waals surface area contributed by atoms with Gasteiger partial charge in [0.1, 0.15) is 50.4 Å². The van der Waals surface area contributed by atoms with Crippen LogP contribution in [0.4, 0.5) is 0 Å². The number of furan rings is 1. The Morgan fingerprint density at radius 2 is 0.982 bits per heavy atom. The summed E-state index contributed by atoms with van der Waals surface area (Å²) in [5.41, 5.74) is 16.8. The monoisotopic (exact) mass is 700 g/mol. The van der Waals surface area contributed by atoms with Crippen molar-refractivity contribution in [3.05, 3.63) is 140 Å². The van der Waals surface area contributed by atoms with Gasteiger partial charge in [-0.05, 0) is 46.5 Å². The zero-order valence-corrected chi connectivity index (χ0v) is 31.5. The third-order valence-corrected chi connectivity index (χ3v) is 11.7. The first-order valence-corrected chi connectivity index (χ1v) is 18.8. The van der Waals surface area contributed by atoms with Gasteiger partial charge in [-0.1, -0.05) is 126 Å². The zero-order chi connectivity index (χ0) is 37.4. The lowest BCUT2D eigenvalue weighted by molar-refractivity contribution is 0.669. The van der Waals surface area contributed by atoms with E-state index in [4.69, 9.17) is 19.4 Å². The zero-order valence-electron chi connectivity index (χ0n) is 31.5. The molecule has 254 valence electrons. The molecule has 3 aromatic heterocycles. The second-order valence-electron chi connectivity index (χ2n) is 14.5. The first kappa shape index (κ1) is 33.1. The highest BCUT2D eigenvalue weighted by Crippen LogP contribution is 2.41. The van der Waals surface area contributed by atoms with Crippen molar-refractivity contribution in [1.82, 2.24) is 19.5 Å². The van der Waals surface area contributed by atoms with Gasteiger partial charge < -0.3 is 4.42 Å². The molecule has 10 heteroatoms. The van der Waals surface area contributed by atoms with Crippen LogP contribution >= 0.6 is 0 Å². The Morgan fingerprint density at radius 1 is 0.418 bits per heavy atom. The van der Waals surface area contributed by atoms with E-state index in [1.165, 1.54) is 43.8 Å². The summed E-state index contributed by atoms with van der Waals surface area (Å²) in [4.78, 5) is 15.7. The summed E-state index contributed by atoms with van der Waals surface area (Å²) in [6.45, 7) is 0. The minimum Gasteiger partial charge on any atom is -0.455 e. The minimum absolute atomic E-state index is 0.549. The molecule has 0 saturated heterocycles. The first-order valence-electron chi connectivity index (χ1n) is 18.8. The average Bonchev–Trinajstić information content (AvgIpc) is 3.79. The summed E-state index contributed by atoms with van der Waals surface area (Å²) < 4.78 is 8.93. The summed E-state index contributed by atoms with van der Waals surface area (Å²) in [5, 5.41) is 4.43. The number of para-hydroxylation sites is 2. The van der Waals surface area contributed by atoms with Crippen LogP contribution in [0.2, 0.25) is 0 Å². The smallest absolute Gasteiger partial charge is 0.238 e. The molecule has 0 aliphatic rings. The van der Waals surface area contributed by atoms with Gasteiger partial charge in [-0.2, -0.15) is 9.97 Å². The molecule has 0 bridgehead atoms. The summed E-state index contributed by atoms with van der Waals surface area (Å²) in [6.07, 6.45) is 0. The summed E-state index contributed by atoms with van der Waals surface area (Å²) in [5.74, 6) is 1.69. The molecule has 10 rings (SSSR count). The molecular weight excluding hydrogens is 667 g/mol. The van der Waals surface area contributed by atoms with Gasteiger partial charge in [-0.25, -0.2) is 4.98 Å². The topological polar surface area (TPSA) is 56.7 Å². The molecule has 0 fully saturated rings. The van der Waals surface area contributed by atoms with E-state index in [0.717, 1.165) is 60.6 Å². The lowest BCUT2D eigenvalue weighted by Crippen LogP contribution is -2.55. The Kier molecular flexibility index (Phi) is 7.70. The van der Waals surface area contributed by atoms with Crippen molar-refractivity contribution in [1.29, 1.82) is 0 Å². The van der Waals surface area contributed by atoms with Crippen LogP contribution in [0.3, 0.4) is 0 Å². The summed E-state index contributed by atoms with van der Waals surface area (Å²) in [6, 6.07) is 48.3. The molecule has 0 saturated carbocycles. The average molecular weight is 700 g/mol. The Bertz CT molecular complexity index is 3130. The van der Waals surface area contributed by atoms with E-state index in [1.54, 1.807) is 0 Å². The van der Waals surface area contributed by atoms with Gasteiger partial charge in [0.15, 0.2) is 11.6 Å². The van der Waals surface area contributed by atoms with Gasteiger partial charge in [-0.3, -0.25) is 4.57 Å². The number of nitrogens with zero attached hydrogens (tertiary/aromatic N) is 4. The largest absolute Gasteiger partial charge is 0.455 e. The van der Waals surface area contributed by atoms with Crippen molar-refractivity contribution in [2.45, 2.75) is 0 Å². The van der Waals surface area contributed by atoms with Gasteiger partial charge in [0, 0.05) is 27.1 Å². The number of benzene rings is 7. The number of hydrogen-bond donors (Lipinski definition) is 0. The predicted octanol–water partition coefficient (Wildman–Crippen LogP) is 2.83. The Hall–Kier alpha value is -6.53. The maximum absolute atomic E-state index is 6.72. The predicted molar refractivity (Wildman–Crippen MR) is 244 cm³/mol. The highest BCUT2D eigenvalue weighted by molar-refractivity contribution is 6.69. The highest BCUT2D eigenvalue weighted by Gasteiger charge is 2.23. The van der Waals surface area contributed by atoms with Crippen molar-refractivity contribution in [2.24, 2.45) is 0 Å². The second kappa shape index (κ2) is 12.8. The molecule has 0 atom stereocenters. The van der Waals surface area contributed by atoms with E-state index in [1.807, 2.05) is 42.5 Å². The molecule has 0 aliphatic carbocycles. The Morgan fingerprint density at radius 3 is 1.75 bits per heavy atom. The molecule has 0 aliphatic heterocycles. The van der Waals surface area contributed by atoms with Crippen molar-refractivity contribution < 1.29 is 4.42 Å². The van der Waals surface area contributed by atoms with Crippen LogP contribution in [0.15, 0.2) is 144 Å². The Labute approximate surface area is 323 Å². The summed E-state index contributed by atoms with van der Waals surface area (Å²) >= 11 is 0. The van der Waals surface area contributed by atoms with Crippen molar-refractivity contribution in [2.75, 3.05) is 0 Å². The van der Waals surface area contributed by atoms with Crippen LogP contribution in [0.1, 0.15) is 0 Å². The fourth-order valence-electron chi connectivity index (χ4n) is 8.53. The van der Waals surface area contributed by atoms with Crippen LogP contribution in [0.5, 0.6) is 0 Å². The fraction of sp³-hybridized carbons (Fsp3) is 0. The van der Waals surface area contributed by atoms with E-state index < -0.39 is 0 Å². The van der Waals surface area contributed by atoms with E-state index >= 15 is 0 Å². The van der Waals surface area contributed by atoms with Crippen molar-refractivity contribution >= 4 is 110 Å². The van der Waals surface area contributed by atoms with Crippen LogP contribution in [0, 0.1) is 0 Å². The maximum atomic E-state index is 6.72. The first-order chi connectivity index (χ1) is 26.9. The third-order valence-electron chi connectivity index (χ3n) is 11.7. The normalized spacial score (nSPS) is 11.6. The standard InChI is InChI=1S/C45H33B5N4O/c46-37-36(38(47)40(49)41(50)39(37)48)28-18-10-22-32-34(28)27-16-7-8-21-31(27)54(32)45-52-43(25-14-5-2-6-15-25)51-44(53-45)30-20-9-19-29-35-26(24-12-3-1-4-13-24)17-11-23-33(35)55-42(29)30/h1-23H,46-50H2. The van der Waals surface area contributed by atoms with E-state index in [9.17, 15) is 0 Å². The Balaban J connectivity index is 1.27. The number of fused-ring (bicyclic) bond motifs is 6. The molecule has 0 unspecified atom stereocenters. The molecule has 5 nitrogen and oxygen atoms in total. The number of hydrogen-bond acceptors (Lipinski definition) is 4. The lowest BCUT2D eigenvalue weighted by Gasteiger charge is -2.21. The van der Waals surface area contributed by atoms with Gasteiger partial charge >= 0.3 is 0 Å². The molecule has 10 aromatic rings. The van der Waals surface area contributed by atoms with Crippen molar-refractivity contribution in [3.8, 4) is 51.0 Å². The molecule has 0 spiro atoms. The number of aromatic nitrogens is 4. The lowest BCUT2D eigenvalue weighted by atomic mass is 9.59. The van der Waals surface area contributed by atoms with Crippen LogP contribution in [-0.4, -0.2) is 58.8 Å². The van der Waals surface area contributed by atoms with Crippen molar-refractivity contribution in [3.63, 3.8) is 0 Å². The SMILES string of the molecule is Bc1c(B)c(B)c(-c2cccc3c2c2ccccc2n3-c2nc(-c3ccccc3)nc(-c3cccc4c3oc3cccc(-c5ccccc5)c34)n2)c(B)c1B. The molecule has 0 radical (unpaired) electrons. The molecule has 55 heavy (non-hydrogen) atoms. The van der Waals surface area contributed by atoms with Gasteiger partial charge in [-0.15, -0.1) is 16.4 Å². The molecule has 0 N–H and O–H groups in total. The van der Waals surface area contributed by atoms with Gasteiger partial charge in [0.05, 0.1) is 16.6 Å². The van der Waals surface area contributed by atoms with E-state index in [-0.39, 0.29) is 0 Å². The molecular formula is C45H33B5N4O. The maximum Gasteiger partial charge on any atom is 0.238 e.